The van der Waals surface area contributed by atoms with Crippen molar-refractivity contribution in [1.82, 2.24) is 15.2 Å². The van der Waals surface area contributed by atoms with Crippen LogP contribution in [0.2, 0.25) is 5.02 Å². The smallest absolute Gasteiger partial charge is 0.254 e. The summed E-state index contributed by atoms with van der Waals surface area (Å²) in [6, 6.07) is 13.9. The number of benzene rings is 2. The number of amides is 1. The minimum atomic E-state index is -0.00178. The van der Waals surface area contributed by atoms with Gasteiger partial charge in [0, 0.05) is 33.0 Å². The highest BCUT2D eigenvalue weighted by Gasteiger charge is 2.35. The van der Waals surface area contributed by atoms with Gasteiger partial charge in [-0.25, -0.2) is 0 Å². The van der Waals surface area contributed by atoms with Crippen LogP contribution in [0.3, 0.4) is 0 Å². The average Bonchev–Trinajstić information content (AvgIpc) is 3.11. The van der Waals surface area contributed by atoms with Crippen molar-refractivity contribution in [2.24, 2.45) is 5.92 Å². The van der Waals surface area contributed by atoms with Gasteiger partial charge in [0.25, 0.3) is 5.91 Å². The summed E-state index contributed by atoms with van der Waals surface area (Å²) in [5.74, 6) is 0.587. The van der Waals surface area contributed by atoms with Gasteiger partial charge in [0.15, 0.2) is 0 Å². The third-order valence-electron chi connectivity index (χ3n) is 6.30. The first-order valence-electron chi connectivity index (χ1n) is 10.3. The fourth-order valence-electron chi connectivity index (χ4n) is 4.68. The van der Waals surface area contributed by atoms with E-state index >= 15 is 0 Å². The molecule has 3 aliphatic rings. The van der Waals surface area contributed by atoms with Crippen molar-refractivity contribution >= 4 is 56.5 Å². The normalized spacial score (nSPS) is 23.3. The third-order valence-corrected chi connectivity index (χ3v) is 7.05. The summed E-state index contributed by atoms with van der Waals surface area (Å²) in [6.07, 6.45) is 6.33. The molecule has 3 aromatic rings. The zero-order chi connectivity index (χ0) is 20.7. The molecule has 1 atom stereocenters. The van der Waals surface area contributed by atoms with Crippen LogP contribution in [0.25, 0.3) is 23.1 Å². The molecular formula is C24H23BrClN3O. The maximum absolute atomic E-state index is 13.4. The van der Waals surface area contributed by atoms with Crippen molar-refractivity contribution in [3.8, 4) is 0 Å². The van der Waals surface area contributed by atoms with E-state index in [1.165, 1.54) is 12.8 Å². The molecule has 4 heterocycles. The molecule has 0 radical (unpaired) electrons. The monoisotopic (exact) mass is 483 g/mol. The van der Waals surface area contributed by atoms with E-state index in [9.17, 15) is 4.79 Å². The van der Waals surface area contributed by atoms with Gasteiger partial charge < -0.3 is 15.2 Å². The Morgan fingerprint density at radius 1 is 1.13 bits per heavy atom. The number of nitrogens with one attached hydrogen (secondary N) is 2. The fraction of sp³-hybridized carbons (Fsp3) is 0.292. The summed E-state index contributed by atoms with van der Waals surface area (Å²) in [5, 5.41) is 4.99. The molecule has 2 N–H and O–H groups in total. The molecule has 2 aromatic carbocycles. The minimum Gasteiger partial charge on any atom is -0.354 e. The molecule has 4 nitrogen and oxygen atoms in total. The van der Waals surface area contributed by atoms with Crippen LogP contribution < -0.4 is 5.32 Å². The lowest BCUT2D eigenvalue weighted by atomic mass is 9.84. The van der Waals surface area contributed by atoms with Crippen LogP contribution in [0.1, 0.15) is 34.5 Å². The topological polar surface area (TPSA) is 48.1 Å². The third kappa shape index (κ3) is 3.94. The molecule has 6 heteroatoms. The van der Waals surface area contributed by atoms with Crippen LogP contribution in [0.15, 0.2) is 46.9 Å². The number of nitrogens with zero attached hydrogens (tertiary/aromatic N) is 1. The predicted octanol–water partition coefficient (Wildman–Crippen LogP) is 5.58. The first-order valence-corrected chi connectivity index (χ1v) is 11.5. The summed E-state index contributed by atoms with van der Waals surface area (Å²) in [7, 11) is 0. The molecule has 154 valence electrons. The molecule has 0 aliphatic carbocycles. The zero-order valence-electron chi connectivity index (χ0n) is 16.5. The van der Waals surface area contributed by atoms with Crippen molar-refractivity contribution < 1.29 is 4.79 Å². The molecule has 1 unspecified atom stereocenters. The molecule has 1 amide bonds. The molecular weight excluding hydrogens is 462 g/mol. The van der Waals surface area contributed by atoms with Crippen LogP contribution in [-0.2, 0) is 0 Å². The number of aromatic amines is 1. The number of carbonyl (C=O) groups excluding carboxylic acids is 1. The van der Waals surface area contributed by atoms with Gasteiger partial charge in [-0.05, 0) is 67.8 Å². The van der Waals surface area contributed by atoms with Gasteiger partial charge in [0.05, 0.1) is 11.3 Å². The van der Waals surface area contributed by atoms with E-state index in [4.69, 9.17) is 11.6 Å². The van der Waals surface area contributed by atoms with E-state index in [1.54, 1.807) is 0 Å². The van der Waals surface area contributed by atoms with Crippen LogP contribution >= 0.6 is 27.5 Å². The molecule has 0 saturated carbocycles. The van der Waals surface area contributed by atoms with Crippen molar-refractivity contribution in [2.45, 2.75) is 18.9 Å². The first kappa shape index (κ1) is 19.9. The molecule has 3 aliphatic heterocycles. The quantitative estimate of drug-likeness (QED) is 0.508. The van der Waals surface area contributed by atoms with Gasteiger partial charge in [-0.3, -0.25) is 4.79 Å². The van der Waals surface area contributed by atoms with E-state index in [0.29, 0.717) is 16.5 Å². The van der Waals surface area contributed by atoms with Gasteiger partial charge in [-0.15, -0.1) is 0 Å². The summed E-state index contributed by atoms with van der Waals surface area (Å²) in [5.41, 5.74) is 3.50. The fourth-order valence-corrected chi connectivity index (χ4v) is 5.17. The first-order chi connectivity index (χ1) is 14.6. The van der Waals surface area contributed by atoms with Crippen LogP contribution in [-0.4, -0.2) is 41.5 Å². The van der Waals surface area contributed by atoms with Gasteiger partial charge in [-0.1, -0.05) is 51.8 Å². The molecule has 1 aromatic heterocycles. The van der Waals surface area contributed by atoms with Gasteiger partial charge in [-0.2, -0.15) is 0 Å². The Kier molecular flexibility index (Phi) is 5.44. The van der Waals surface area contributed by atoms with Crippen LogP contribution in [0, 0.1) is 5.92 Å². The van der Waals surface area contributed by atoms with E-state index in [2.05, 4.69) is 31.1 Å². The number of halogens is 2. The number of H-pyrrole nitrogens is 1. The Morgan fingerprint density at radius 2 is 1.90 bits per heavy atom. The summed E-state index contributed by atoms with van der Waals surface area (Å²) >= 11 is 9.52. The number of hydrogen-bond donors (Lipinski definition) is 2. The lowest BCUT2D eigenvalue weighted by Gasteiger charge is -2.44. The van der Waals surface area contributed by atoms with Gasteiger partial charge in [0.1, 0.15) is 0 Å². The Hall–Kier alpha value is -2.08. The Balaban J connectivity index is 1.48. The van der Waals surface area contributed by atoms with E-state index in [1.807, 2.05) is 54.6 Å². The molecule has 3 saturated heterocycles. The lowest BCUT2D eigenvalue weighted by Crippen LogP contribution is -2.57. The highest BCUT2D eigenvalue weighted by molar-refractivity contribution is 9.10. The van der Waals surface area contributed by atoms with Crippen molar-refractivity contribution in [1.29, 1.82) is 0 Å². The van der Waals surface area contributed by atoms with Crippen molar-refractivity contribution in [3.63, 3.8) is 0 Å². The van der Waals surface area contributed by atoms with Gasteiger partial charge >= 0.3 is 0 Å². The molecule has 3 fully saturated rings. The Labute approximate surface area is 189 Å². The van der Waals surface area contributed by atoms with Crippen molar-refractivity contribution in [2.75, 3.05) is 19.6 Å². The molecule has 6 rings (SSSR count). The number of piperidine rings is 3. The number of aromatic nitrogens is 1. The van der Waals surface area contributed by atoms with Gasteiger partial charge in [0.2, 0.25) is 0 Å². The largest absolute Gasteiger partial charge is 0.354 e. The van der Waals surface area contributed by atoms with Crippen LogP contribution in [0.4, 0.5) is 0 Å². The number of fused-ring (bicyclic) bond motifs is 4. The van der Waals surface area contributed by atoms with Crippen LogP contribution in [0.5, 0.6) is 0 Å². The SMILES string of the molecule is O=C(NC1CN2CCC1CC2)c1c(/C=C/c2ccc(Cl)cc2)[nH]c2cc(Br)ccc12. The Morgan fingerprint density at radius 3 is 2.60 bits per heavy atom. The van der Waals surface area contributed by atoms with E-state index in [-0.39, 0.29) is 11.9 Å². The number of hydrogen-bond acceptors (Lipinski definition) is 2. The Bertz CT molecular complexity index is 1110. The molecule has 0 spiro atoms. The molecule has 2 bridgehead atoms. The summed E-state index contributed by atoms with van der Waals surface area (Å²) in [6.45, 7) is 3.28. The standard InChI is InChI=1S/C24H23BrClN3O/c25-17-4-7-19-21(13-17)27-20(8-3-15-1-5-18(26)6-2-15)23(19)24(30)28-22-14-29-11-9-16(22)10-12-29/h1-8,13,16,22,27H,9-12,14H2,(H,28,30)/b8-3+. The number of rotatable bonds is 4. The highest BCUT2D eigenvalue weighted by atomic mass is 79.9. The molecule has 30 heavy (non-hydrogen) atoms. The summed E-state index contributed by atoms with van der Waals surface area (Å²) in [4.78, 5) is 19.3. The second kappa shape index (κ2) is 8.22. The van der Waals surface area contributed by atoms with E-state index in [0.717, 1.165) is 46.3 Å². The van der Waals surface area contributed by atoms with E-state index < -0.39 is 0 Å². The minimum absolute atomic E-state index is 0.00178. The highest BCUT2D eigenvalue weighted by Crippen LogP contribution is 2.30. The maximum atomic E-state index is 13.4. The second-order valence-corrected chi connectivity index (χ2v) is 9.56. The second-order valence-electron chi connectivity index (χ2n) is 8.21. The maximum Gasteiger partial charge on any atom is 0.254 e. The predicted molar refractivity (Wildman–Crippen MR) is 127 cm³/mol. The average molecular weight is 485 g/mol. The number of carbonyl (C=O) groups is 1. The summed E-state index contributed by atoms with van der Waals surface area (Å²) < 4.78 is 0.980. The lowest BCUT2D eigenvalue weighted by molar-refractivity contribution is 0.0621. The zero-order valence-corrected chi connectivity index (χ0v) is 18.8. The van der Waals surface area contributed by atoms with Crippen molar-refractivity contribution in [3.05, 3.63) is 68.8 Å².